The summed E-state index contributed by atoms with van der Waals surface area (Å²) in [5.41, 5.74) is -0.655. The number of amides is 1. The molecule has 0 aromatic heterocycles. The van der Waals surface area contributed by atoms with Crippen molar-refractivity contribution in [2.24, 2.45) is 0 Å². The molecule has 0 unspecified atom stereocenters. The van der Waals surface area contributed by atoms with Crippen molar-refractivity contribution in [1.82, 2.24) is 4.90 Å². The Bertz CT molecular complexity index is 312. The van der Waals surface area contributed by atoms with Crippen molar-refractivity contribution >= 4 is 11.9 Å². The molecular weight excluding hydrogens is 194 g/mol. The Kier molecular flexibility index (Phi) is 2.07. The molecule has 0 atom stereocenters. The van der Waals surface area contributed by atoms with E-state index < -0.39 is 5.60 Å². The normalized spacial score (nSPS) is 23.4. The summed E-state index contributed by atoms with van der Waals surface area (Å²) in [7, 11) is 0. The number of rotatable bonds is 0. The van der Waals surface area contributed by atoms with Crippen LogP contribution in [0.3, 0.4) is 0 Å². The van der Waals surface area contributed by atoms with Crippen molar-refractivity contribution in [3.8, 4) is 0 Å². The summed E-state index contributed by atoms with van der Waals surface area (Å²) < 4.78 is 5.28. The van der Waals surface area contributed by atoms with Crippen LogP contribution in [0.5, 0.6) is 0 Å². The zero-order chi connectivity index (χ0) is 11.3. The second kappa shape index (κ2) is 2.97. The summed E-state index contributed by atoms with van der Waals surface area (Å²) in [5.74, 6) is 0.151. The molecule has 1 amide bonds. The molecule has 84 valence electrons. The summed E-state index contributed by atoms with van der Waals surface area (Å²) in [6.45, 7) is 5.74. The highest BCUT2D eigenvalue weighted by Crippen LogP contribution is 2.48. The molecule has 1 aliphatic heterocycles. The molecule has 0 bridgehead atoms. The Balaban J connectivity index is 2.05. The van der Waals surface area contributed by atoms with Crippen molar-refractivity contribution in [1.29, 1.82) is 0 Å². The molecule has 0 radical (unpaired) electrons. The van der Waals surface area contributed by atoms with Crippen LogP contribution < -0.4 is 0 Å². The molecule has 0 N–H and O–H groups in total. The van der Waals surface area contributed by atoms with Crippen LogP contribution in [-0.2, 0) is 9.53 Å². The van der Waals surface area contributed by atoms with Crippen LogP contribution in [0.15, 0.2) is 0 Å². The van der Waals surface area contributed by atoms with Crippen molar-refractivity contribution in [2.45, 2.75) is 51.2 Å². The molecule has 2 fully saturated rings. The van der Waals surface area contributed by atoms with Gasteiger partial charge in [-0.1, -0.05) is 0 Å². The van der Waals surface area contributed by atoms with Gasteiger partial charge >= 0.3 is 6.09 Å². The van der Waals surface area contributed by atoms with E-state index in [1.807, 2.05) is 20.8 Å². The molecule has 1 spiro atoms. The van der Waals surface area contributed by atoms with E-state index in [9.17, 15) is 9.59 Å². The van der Waals surface area contributed by atoms with Crippen LogP contribution in [0.1, 0.15) is 40.0 Å². The van der Waals surface area contributed by atoms with E-state index >= 15 is 0 Å². The average molecular weight is 211 g/mol. The third-order valence-electron chi connectivity index (χ3n) is 2.87. The number of likely N-dealkylation sites (tertiary alicyclic amines) is 1. The second-order valence-electron chi connectivity index (χ2n) is 5.51. The van der Waals surface area contributed by atoms with Gasteiger partial charge in [-0.3, -0.25) is 9.69 Å². The van der Waals surface area contributed by atoms with Gasteiger partial charge in [0.05, 0.1) is 12.1 Å². The maximum atomic E-state index is 11.8. The lowest BCUT2D eigenvalue weighted by Crippen LogP contribution is -2.41. The molecule has 2 aliphatic rings. The largest absolute Gasteiger partial charge is 0.444 e. The van der Waals surface area contributed by atoms with Crippen LogP contribution in [0.2, 0.25) is 0 Å². The number of Topliss-reactive ketones (excluding diaryl/α,β-unsaturated/α-hetero) is 1. The van der Waals surface area contributed by atoms with Crippen molar-refractivity contribution < 1.29 is 14.3 Å². The lowest BCUT2D eigenvalue weighted by atomic mass is 10.2. The first kappa shape index (κ1) is 10.5. The fraction of sp³-hybridized carbons (Fsp3) is 0.818. The molecule has 4 nitrogen and oxygen atoms in total. The first-order valence-corrected chi connectivity index (χ1v) is 5.35. The highest BCUT2D eigenvalue weighted by molar-refractivity contribution is 5.90. The van der Waals surface area contributed by atoms with Crippen LogP contribution in [0, 0.1) is 0 Å². The molecule has 4 heteroatoms. The monoisotopic (exact) mass is 211 g/mol. The number of hydrogen-bond acceptors (Lipinski definition) is 3. The van der Waals surface area contributed by atoms with Crippen LogP contribution in [-0.4, -0.2) is 34.5 Å². The summed E-state index contributed by atoms with van der Waals surface area (Å²) in [4.78, 5) is 24.8. The Morgan fingerprint density at radius 2 is 2.00 bits per heavy atom. The molecule has 1 aliphatic carbocycles. The van der Waals surface area contributed by atoms with Gasteiger partial charge in [-0.15, -0.1) is 0 Å². The fourth-order valence-electron chi connectivity index (χ4n) is 2.03. The Hall–Kier alpha value is -1.06. The van der Waals surface area contributed by atoms with E-state index in [4.69, 9.17) is 4.74 Å². The van der Waals surface area contributed by atoms with Gasteiger partial charge in [0.2, 0.25) is 0 Å². The Morgan fingerprint density at radius 3 is 2.47 bits per heavy atom. The van der Waals surface area contributed by atoms with E-state index in [0.29, 0.717) is 6.42 Å². The van der Waals surface area contributed by atoms with Gasteiger partial charge in [0.15, 0.2) is 5.78 Å². The van der Waals surface area contributed by atoms with Gasteiger partial charge in [-0.25, -0.2) is 4.79 Å². The molecular formula is C11H17NO3. The molecule has 2 rings (SSSR count). The summed E-state index contributed by atoms with van der Waals surface area (Å²) >= 11 is 0. The Labute approximate surface area is 89.6 Å². The van der Waals surface area contributed by atoms with Gasteiger partial charge < -0.3 is 4.74 Å². The minimum atomic E-state index is -0.487. The number of carbonyl (C=O) groups is 2. The zero-order valence-electron chi connectivity index (χ0n) is 9.50. The van der Waals surface area contributed by atoms with Crippen molar-refractivity contribution in [2.75, 3.05) is 6.54 Å². The van der Waals surface area contributed by atoms with Gasteiger partial charge in [-0.2, -0.15) is 0 Å². The molecule has 1 saturated heterocycles. The maximum absolute atomic E-state index is 11.8. The topological polar surface area (TPSA) is 46.6 Å². The number of hydrogen-bond donors (Lipinski definition) is 0. The van der Waals surface area contributed by atoms with E-state index in [0.717, 1.165) is 12.8 Å². The molecule has 15 heavy (non-hydrogen) atoms. The highest BCUT2D eigenvalue weighted by atomic mass is 16.6. The first-order valence-electron chi connectivity index (χ1n) is 5.35. The predicted octanol–water partition coefficient (Wildman–Crippen LogP) is 1.73. The fourth-order valence-corrected chi connectivity index (χ4v) is 2.03. The first-order chi connectivity index (χ1) is 6.82. The van der Waals surface area contributed by atoms with Gasteiger partial charge in [0.25, 0.3) is 0 Å². The molecule has 0 aromatic rings. The lowest BCUT2D eigenvalue weighted by Gasteiger charge is -2.27. The van der Waals surface area contributed by atoms with Crippen LogP contribution in [0.4, 0.5) is 4.79 Å². The number of nitrogens with zero attached hydrogens (tertiary/aromatic N) is 1. The van der Waals surface area contributed by atoms with Crippen molar-refractivity contribution in [3.63, 3.8) is 0 Å². The summed E-state index contributed by atoms with van der Waals surface area (Å²) in [6.07, 6.45) is 2.06. The number of ether oxygens (including phenoxy) is 1. The van der Waals surface area contributed by atoms with Crippen LogP contribution in [0.25, 0.3) is 0 Å². The highest BCUT2D eigenvalue weighted by Gasteiger charge is 2.56. The predicted molar refractivity (Wildman–Crippen MR) is 54.5 cm³/mol. The minimum Gasteiger partial charge on any atom is -0.444 e. The maximum Gasteiger partial charge on any atom is 0.411 e. The third-order valence-corrected chi connectivity index (χ3v) is 2.87. The van der Waals surface area contributed by atoms with Gasteiger partial charge in [0.1, 0.15) is 5.60 Å². The van der Waals surface area contributed by atoms with Crippen molar-refractivity contribution in [3.05, 3.63) is 0 Å². The molecule has 0 aromatic carbocycles. The van der Waals surface area contributed by atoms with Gasteiger partial charge in [0, 0.05) is 6.42 Å². The van der Waals surface area contributed by atoms with Gasteiger partial charge in [-0.05, 0) is 33.6 Å². The molecule has 1 heterocycles. The SMILES string of the molecule is CC(C)(C)OC(=O)N1CC(=O)CC12CC2. The van der Waals surface area contributed by atoms with E-state index in [1.54, 1.807) is 4.90 Å². The quantitative estimate of drug-likeness (QED) is 0.613. The molecule has 1 saturated carbocycles. The summed E-state index contributed by atoms with van der Waals surface area (Å²) in [6, 6.07) is 0. The van der Waals surface area contributed by atoms with E-state index in [1.165, 1.54) is 0 Å². The number of carbonyl (C=O) groups excluding carboxylic acids is 2. The second-order valence-corrected chi connectivity index (χ2v) is 5.51. The van der Waals surface area contributed by atoms with Crippen LogP contribution >= 0.6 is 0 Å². The zero-order valence-corrected chi connectivity index (χ0v) is 9.50. The minimum absolute atomic E-state index is 0.151. The van der Waals surface area contributed by atoms with E-state index in [2.05, 4.69) is 0 Å². The smallest absolute Gasteiger partial charge is 0.411 e. The third kappa shape index (κ3) is 1.98. The lowest BCUT2D eigenvalue weighted by molar-refractivity contribution is -0.117. The standard InChI is InChI=1S/C11H17NO3/c1-10(2,3)15-9(14)12-7-8(13)6-11(12)4-5-11/h4-7H2,1-3H3. The number of ketones is 1. The average Bonchev–Trinajstić information content (AvgIpc) is 2.68. The summed E-state index contributed by atoms with van der Waals surface area (Å²) in [5, 5.41) is 0. The van der Waals surface area contributed by atoms with E-state index in [-0.39, 0.29) is 24.0 Å². The Morgan fingerprint density at radius 1 is 1.40 bits per heavy atom.